The third-order valence-electron chi connectivity index (χ3n) is 2.82. The normalized spacial score (nSPS) is 24.8. The Morgan fingerprint density at radius 1 is 1.57 bits per heavy atom. The van der Waals surface area contributed by atoms with Crippen LogP contribution in [-0.2, 0) is 0 Å². The van der Waals surface area contributed by atoms with Crippen molar-refractivity contribution in [1.82, 2.24) is 0 Å². The molecule has 1 fully saturated rings. The number of ether oxygens (including phenoxy) is 1. The van der Waals surface area contributed by atoms with Crippen molar-refractivity contribution in [3.63, 3.8) is 0 Å². The molecule has 0 aliphatic heterocycles. The van der Waals surface area contributed by atoms with Crippen molar-refractivity contribution in [3.05, 3.63) is 28.8 Å². The van der Waals surface area contributed by atoms with Gasteiger partial charge in [0.25, 0.3) is 0 Å². The van der Waals surface area contributed by atoms with Crippen LogP contribution in [0.3, 0.4) is 0 Å². The third-order valence-corrected chi connectivity index (χ3v) is 3.05. The van der Waals surface area contributed by atoms with Gasteiger partial charge in [0.05, 0.1) is 7.11 Å². The fraction of sp³-hybridized carbons (Fsp3) is 0.455. The summed E-state index contributed by atoms with van der Waals surface area (Å²) in [5.74, 6) is 2.09. The lowest BCUT2D eigenvalue weighted by Crippen LogP contribution is -2.02. The molecule has 2 unspecified atom stereocenters. The summed E-state index contributed by atoms with van der Waals surface area (Å²) in [4.78, 5) is 0. The molecule has 2 atom stereocenters. The highest BCUT2D eigenvalue weighted by Gasteiger charge is 2.38. The molecule has 0 spiro atoms. The molecule has 0 amide bonds. The van der Waals surface area contributed by atoms with Crippen LogP contribution in [0.2, 0.25) is 5.02 Å². The molecule has 2 nitrogen and oxygen atoms in total. The van der Waals surface area contributed by atoms with E-state index in [4.69, 9.17) is 22.1 Å². The number of hydrogen-bond acceptors (Lipinski definition) is 2. The molecule has 1 aromatic carbocycles. The van der Waals surface area contributed by atoms with Gasteiger partial charge < -0.3 is 10.5 Å². The number of hydrogen-bond donors (Lipinski definition) is 1. The molecule has 0 bridgehead atoms. The third kappa shape index (κ3) is 1.72. The number of benzene rings is 1. The summed E-state index contributed by atoms with van der Waals surface area (Å²) >= 11 is 5.95. The highest BCUT2D eigenvalue weighted by atomic mass is 35.5. The van der Waals surface area contributed by atoms with Gasteiger partial charge in [-0.05, 0) is 48.6 Å². The molecular weight excluding hydrogens is 198 g/mol. The van der Waals surface area contributed by atoms with Gasteiger partial charge in [-0.3, -0.25) is 0 Å². The van der Waals surface area contributed by atoms with Crippen molar-refractivity contribution in [3.8, 4) is 5.75 Å². The monoisotopic (exact) mass is 211 g/mol. The van der Waals surface area contributed by atoms with Crippen molar-refractivity contribution in [1.29, 1.82) is 0 Å². The van der Waals surface area contributed by atoms with E-state index in [-0.39, 0.29) is 0 Å². The molecule has 3 heteroatoms. The molecule has 0 heterocycles. The quantitative estimate of drug-likeness (QED) is 0.834. The maximum Gasteiger partial charge on any atom is 0.122 e. The first-order chi connectivity index (χ1) is 6.76. The van der Waals surface area contributed by atoms with Crippen LogP contribution in [-0.4, -0.2) is 13.7 Å². The lowest BCUT2D eigenvalue weighted by Gasteiger charge is -2.08. The van der Waals surface area contributed by atoms with Crippen LogP contribution in [0.15, 0.2) is 18.2 Å². The Hall–Kier alpha value is -0.730. The molecule has 2 N–H and O–H groups in total. The summed E-state index contributed by atoms with van der Waals surface area (Å²) in [5.41, 5.74) is 6.82. The SMILES string of the molecule is COc1ccc(Cl)cc1C1CC1CN. The second kappa shape index (κ2) is 3.79. The number of halogens is 1. The Morgan fingerprint density at radius 2 is 2.36 bits per heavy atom. The van der Waals surface area contributed by atoms with Gasteiger partial charge >= 0.3 is 0 Å². The Labute approximate surface area is 89.0 Å². The molecule has 14 heavy (non-hydrogen) atoms. The molecule has 0 radical (unpaired) electrons. The lowest BCUT2D eigenvalue weighted by molar-refractivity contribution is 0.409. The molecule has 1 saturated carbocycles. The summed E-state index contributed by atoms with van der Waals surface area (Å²) in [6.07, 6.45) is 1.16. The van der Waals surface area contributed by atoms with Crippen LogP contribution < -0.4 is 10.5 Å². The number of rotatable bonds is 3. The summed E-state index contributed by atoms with van der Waals surface area (Å²) < 4.78 is 5.29. The van der Waals surface area contributed by atoms with Crippen LogP contribution in [0, 0.1) is 5.92 Å². The first kappa shape index (κ1) is 9.81. The predicted molar refractivity (Wildman–Crippen MR) is 57.9 cm³/mol. The van der Waals surface area contributed by atoms with Crippen molar-refractivity contribution < 1.29 is 4.74 Å². The highest BCUT2D eigenvalue weighted by molar-refractivity contribution is 6.30. The van der Waals surface area contributed by atoms with Crippen molar-refractivity contribution in [2.45, 2.75) is 12.3 Å². The van der Waals surface area contributed by atoms with E-state index < -0.39 is 0 Å². The summed E-state index contributed by atoms with van der Waals surface area (Å²) in [5, 5.41) is 0.767. The highest BCUT2D eigenvalue weighted by Crippen LogP contribution is 2.50. The first-order valence-electron chi connectivity index (χ1n) is 4.79. The van der Waals surface area contributed by atoms with Gasteiger partial charge in [0.15, 0.2) is 0 Å². The summed E-state index contributed by atoms with van der Waals surface area (Å²) in [6.45, 7) is 0.750. The second-order valence-electron chi connectivity index (χ2n) is 3.72. The van der Waals surface area contributed by atoms with Gasteiger partial charge in [-0.25, -0.2) is 0 Å². The van der Waals surface area contributed by atoms with Crippen LogP contribution in [0.1, 0.15) is 17.9 Å². The van der Waals surface area contributed by atoms with Crippen LogP contribution >= 0.6 is 11.6 Å². The Kier molecular flexibility index (Phi) is 2.66. The number of methoxy groups -OCH3 is 1. The fourth-order valence-electron chi connectivity index (χ4n) is 1.88. The largest absolute Gasteiger partial charge is 0.496 e. The first-order valence-corrected chi connectivity index (χ1v) is 5.17. The average Bonchev–Trinajstić information content (AvgIpc) is 2.96. The topological polar surface area (TPSA) is 35.2 Å². The van der Waals surface area contributed by atoms with Crippen molar-refractivity contribution >= 4 is 11.6 Å². The van der Waals surface area contributed by atoms with E-state index in [0.29, 0.717) is 11.8 Å². The van der Waals surface area contributed by atoms with Gasteiger partial charge in [0, 0.05) is 5.02 Å². The molecule has 1 aliphatic rings. The summed E-state index contributed by atoms with van der Waals surface area (Å²) in [6, 6.07) is 5.76. The maximum atomic E-state index is 5.95. The molecular formula is C11H14ClNO. The lowest BCUT2D eigenvalue weighted by atomic mass is 10.1. The van der Waals surface area contributed by atoms with Crippen LogP contribution in [0.25, 0.3) is 0 Å². The smallest absolute Gasteiger partial charge is 0.122 e. The van der Waals surface area contributed by atoms with E-state index in [1.165, 1.54) is 5.56 Å². The molecule has 2 rings (SSSR count). The standard InChI is InChI=1S/C11H14ClNO/c1-14-11-3-2-8(12)5-10(11)9-4-7(9)6-13/h2-3,5,7,9H,4,6,13H2,1H3. The minimum atomic E-state index is 0.550. The van der Waals surface area contributed by atoms with E-state index in [1.807, 2.05) is 18.2 Å². The molecule has 76 valence electrons. The van der Waals surface area contributed by atoms with Crippen LogP contribution in [0.5, 0.6) is 5.75 Å². The molecule has 1 aliphatic carbocycles. The average molecular weight is 212 g/mol. The Balaban J connectivity index is 2.27. The van der Waals surface area contributed by atoms with Gasteiger partial charge in [0.1, 0.15) is 5.75 Å². The predicted octanol–water partition coefficient (Wildman–Crippen LogP) is 2.41. The van der Waals surface area contributed by atoms with E-state index in [2.05, 4.69) is 0 Å². The van der Waals surface area contributed by atoms with E-state index in [0.717, 1.165) is 23.7 Å². The van der Waals surface area contributed by atoms with E-state index in [9.17, 15) is 0 Å². The molecule has 1 aromatic rings. The minimum Gasteiger partial charge on any atom is -0.496 e. The zero-order valence-corrected chi connectivity index (χ0v) is 8.92. The van der Waals surface area contributed by atoms with Gasteiger partial charge in [-0.15, -0.1) is 0 Å². The maximum absolute atomic E-state index is 5.95. The number of nitrogens with two attached hydrogens (primary N) is 1. The van der Waals surface area contributed by atoms with Crippen molar-refractivity contribution in [2.24, 2.45) is 11.7 Å². The van der Waals surface area contributed by atoms with Crippen LogP contribution in [0.4, 0.5) is 0 Å². The zero-order valence-electron chi connectivity index (χ0n) is 8.16. The van der Waals surface area contributed by atoms with Gasteiger partial charge in [-0.1, -0.05) is 11.6 Å². The second-order valence-corrected chi connectivity index (χ2v) is 4.16. The van der Waals surface area contributed by atoms with Crippen molar-refractivity contribution in [2.75, 3.05) is 13.7 Å². The Bertz CT molecular complexity index is 340. The zero-order chi connectivity index (χ0) is 10.1. The van der Waals surface area contributed by atoms with E-state index in [1.54, 1.807) is 7.11 Å². The minimum absolute atomic E-state index is 0.550. The molecule has 0 saturated heterocycles. The molecule has 0 aromatic heterocycles. The van der Waals surface area contributed by atoms with Gasteiger partial charge in [-0.2, -0.15) is 0 Å². The summed E-state index contributed by atoms with van der Waals surface area (Å²) in [7, 11) is 1.69. The van der Waals surface area contributed by atoms with Gasteiger partial charge in [0.2, 0.25) is 0 Å². The van der Waals surface area contributed by atoms with E-state index >= 15 is 0 Å². The fourth-order valence-corrected chi connectivity index (χ4v) is 2.06. The Morgan fingerprint density at radius 3 is 2.93 bits per heavy atom.